The monoisotopic (exact) mass is 852 g/mol. The zero-order chi connectivity index (χ0) is 44.8. The van der Waals surface area contributed by atoms with E-state index in [0.29, 0.717) is 60.7 Å². The first kappa shape index (κ1) is 42.4. The number of para-hydroxylation sites is 1. The zero-order valence-corrected chi connectivity index (χ0v) is 37.8. The summed E-state index contributed by atoms with van der Waals surface area (Å²) in [4.78, 5) is 54.6. The minimum atomic E-state index is -0.237. The Morgan fingerprint density at radius 3 is 2.19 bits per heavy atom. The average Bonchev–Trinajstić information content (AvgIpc) is 3.77. The van der Waals surface area contributed by atoms with E-state index >= 15 is 9.59 Å². The zero-order valence-electron chi connectivity index (χ0n) is 37.8. The van der Waals surface area contributed by atoms with Gasteiger partial charge in [0.05, 0.1) is 17.7 Å². The molecule has 0 aliphatic carbocycles. The number of nitriles is 1. The molecule has 3 aliphatic rings. The van der Waals surface area contributed by atoms with Crippen LogP contribution in [-0.4, -0.2) is 87.4 Å². The fourth-order valence-electron chi connectivity index (χ4n) is 9.79. The SMILES string of the molecule is Cc1c(N(C(=O)c2cc(-c3cc4c(cc3C(=O)N3Cc5ccccc5C[C@H]3C)CN(C(=O)Cc3cccc(N5CCN(C)CC5)c3)CC4)n(C)c2C)c2ccccc2)cc(C#N)n1C. The molecule has 6 aromatic rings. The number of hydrogen-bond donors (Lipinski definition) is 0. The lowest BCUT2D eigenvalue weighted by atomic mass is 9.89. The number of amides is 3. The van der Waals surface area contributed by atoms with Crippen molar-refractivity contribution in [1.82, 2.24) is 23.8 Å². The Hall–Kier alpha value is -6.90. The molecule has 1 fully saturated rings. The van der Waals surface area contributed by atoms with E-state index in [1.807, 2.05) is 96.9 Å². The Morgan fingerprint density at radius 1 is 0.719 bits per heavy atom. The standard InChI is InChI=1S/C53H56N8O3/c1-35-25-39-14-10-11-15-41(39)34-60(35)52(63)48-29-42-33-59(51(62)27-38-13-12-18-44(26-38)58-23-21-55(4)22-24-58)20-19-40(42)28-47(48)50-31-46(36(2)57(50)6)53(64)61(43-16-8-7-9-17-43)49-30-45(32-54)56(5)37(49)3/h7-18,26,28-31,35H,19-25,27,33-34H2,1-6H3/t35-/m1/s1. The van der Waals surface area contributed by atoms with E-state index in [0.717, 1.165) is 83.2 Å². The highest BCUT2D eigenvalue weighted by Crippen LogP contribution is 2.38. The third-order valence-corrected chi connectivity index (χ3v) is 14.0. The number of benzene rings is 4. The highest BCUT2D eigenvalue weighted by atomic mass is 16.2. The van der Waals surface area contributed by atoms with Crippen molar-refractivity contribution in [2.75, 3.05) is 49.6 Å². The van der Waals surface area contributed by atoms with Gasteiger partial charge in [0.2, 0.25) is 5.91 Å². The number of nitrogens with zero attached hydrogens (tertiary/aromatic N) is 8. The second kappa shape index (κ2) is 17.3. The van der Waals surface area contributed by atoms with E-state index in [9.17, 15) is 10.1 Å². The van der Waals surface area contributed by atoms with Crippen molar-refractivity contribution in [3.63, 3.8) is 0 Å². The maximum absolute atomic E-state index is 15.2. The smallest absolute Gasteiger partial charge is 0.264 e. The Kier molecular flexibility index (Phi) is 11.5. The molecule has 64 heavy (non-hydrogen) atoms. The van der Waals surface area contributed by atoms with Crippen molar-refractivity contribution >= 4 is 34.8 Å². The minimum absolute atomic E-state index is 0.0369. The molecule has 3 aliphatic heterocycles. The number of hydrogen-bond acceptors (Lipinski definition) is 6. The number of carbonyl (C=O) groups excluding carboxylic acids is 3. The number of likely N-dealkylation sites (N-methyl/N-ethyl adjacent to an activating group) is 1. The first-order valence-corrected chi connectivity index (χ1v) is 22.4. The molecule has 0 bridgehead atoms. The van der Waals surface area contributed by atoms with Gasteiger partial charge in [-0.2, -0.15) is 5.26 Å². The molecule has 1 atom stereocenters. The largest absolute Gasteiger partial charge is 0.369 e. The van der Waals surface area contributed by atoms with Crippen LogP contribution in [0.3, 0.4) is 0 Å². The lowest BCUT2D eigenvalue weighted by molar-refractivity contribution is -0.131. The van der Waals surface area contributed by atoms with Crippen molar-refractivity contribution in [2.45, 2.75) is 59.2 Å². The van der Waals surface area contributed by atoms with E-state index in [4.69, 9.17) is 0 Å². The summed E-state index contributed by atoms with van der Waals surface area (Å²) in [5.74, 6) is -0.247. The van der Waals surface area contributed by atoms with Crippen LogP contribution in [0.4, 0.5) is 17.1 Å². The van der Waals surface area contributed by atoms with Crippen molar-refractivity contribution in [2.24, 2.45) is 14.1 Å². The first-order chi connectivity index (χ1) is 30.9. The maximum atomic E-state index is 15.2. The van der Waals surface area contributed by atoms with Gasteiger partial charge in [0, 0.05) is 106 Å². The van der Waals surface area contributed by atoms with Crippen molar-refractivity contribution in [1.29, 1.82) is 5.26 Å². The van der Waals surface area contributed by atoms with Gasteiger partial charge in [-0.05, 0) is 117 Å². The fourth-order valence-corrected chi connectivity index (χ4v) is 9.79. The summed E-state index contributed by atoms with van der Waals surface area (Å²) in [6.45, 7) is 11.4. The van der Waals surface area contributed by atoms with Crippen molar-refractivity contribution in [3.8, 4) is 17.3 Å². The van der Waals surface area contributed by atoms with Crippen LogP contribution in [0.5, 0.6) is 0 Å². The van der Waals surface area contributed by atoms with Gasteiger partial charge in [0.1, 0.15) is 11.8 Å². The molecular weight excluding hydrogens is 797 g/mol. The molecule has 5 heterocycles. The van der Waals surface area contributed by atoms with E-state index in [2.05, 4.69) is 72.3 Å². The molecule has 0 saturated carbocycles. The molecule has 9 rings (SSSR count). The third kappa shape index (κ3) is 7.88. The average molecular weight is 853 g/mol. The molecule has 0 radical (unpaired) electrons. The molecular formula is C53H56N8O3. The first-order valence-electron chi connectivity index (χ1n) is 22.4. The number of anilines is 3. The summed E-state index contributed by atoms with van der Waals surface area (Å²) >= 11 is 0. The Balaban J connectivity index is 1.08. The molecule has 2 aromatic heterocycles. The summed E-state index contributed by atoms with van der Waals surface area (Å²) in [6, 6.07) is 36.3. The maximum Gasteiger partial charge on any atom is 0.264 e. The van der Waals surface area contributed by atoms with E-state index < -0.39 is 0 Å². The normalized spacial score (nSPS) is 16.3. The Morgan fingerprint density at radius 2 is 1.45 bits per heavy atom. The Bertz CT molecular complexity index is 2820. The molecule has 3 amide bonds. The summed E-state index contributed by atoms with van der Waals surface area (Å²) in [6.07, 6.45) is 1.71. The van der Waals surface area contributed by atoms with Crippen LogP contribution < -0.4 is 9.80 Å². The quantitative estimate of drug-likeness (QED) is 0.154. The van der Waals surface area contributed by atoms with Gasteiger partial charge in [-0.25, -0.2) is 0 Å². The second-order valence-corrected chi connectivity index (χ2v) is 17.9. The van der Waals surface area contributed by atoms with Crippen LogP contribution in [0, 0.1) is 25.2 Å². The van der Waals surface area contributed by atoms with Gasteiger partial charge in [-0.3, -0.25) is 19.3 Å². The number of aromatic nitrogens is 2. The fraction of sp³-hybridized carbons (Fsp3) is 0.321. The van der Waals surface area contributed by atoms with Gasteiger partial charge in [0.15, 0.2) is 0 Å². The topological polar surface area (TPSA) is 101 Å². The summed E-state index contributed by atoms with van der Waals surface area (Å²) in [7, 11) is 5.93. The molecule has 11 heteroatoms. The van der Waals surface area contributed by atoms with Gasteiger partial charge in [-0.15, -0.1) is 0 Å². The molecule has 1 saturated heterocycles. The second-order valence-electron chi connectivity index (χ2n) is 17.9. The number of carbonyl (C=O) groups is 3. The lowest BCUT2D eigenvalue weighted by Gasteiger charge is -2.36. The van der Waals surface area contributed by atoms with Crippen molar-refractivity contribution in [3.05, 3.63) is 159 Å². The number of piperazine rings is 1. The summed E-state index contributed by atoms with van der Waals surface area (Å²) in [5, 5.41) is 9.92. The molecule has 11 nitrogen and oxygen atoms in total. The predicted octanol–water partition coefficient (Wildman–Crippen LogP) is 7.96. The van der Waals surface area contributed by atoms with Crippen LogP contribution in [0.2, 0.25) is 0 Å². The molecule has 0 unspecified atom stereocenters. The molecule has 4 aromatic carbocycles. The van der Waals surface area contributed by atoms with E-state index in [1.165, 1.54) is 5.56 Å². The highest BCUT2D eigenvalue weighted by Gasteiger charge is 2.33. The highest BCUT2D eigenvalue weighted by molar-refractivity contribution is 6.13. The molecule has 0 N–H and O–H groups in total. The number of fused-ring (bicyclic) bond motifs is 2. The van der Waals surface area contributed by atoms with Crippen LogP contribution in [0.15, 0.2) is 103 Å². The molecule has 0 spiro atoms. The van der Waals surface area contributed by atoms with Crippen LogP contribution in [0.1, 0.15) is 72.5 Å². The Labute approximate surface area is 376 Å². The van der Waals surface area contributed by atoms with Crippen molar-refractivity contribution < 1.29 is 14.4 Å². The lowest BCUT2D eigenvalue weighted by Crippen LogP contribution is -2.44. The van der Waals surface area contributed by atoms with E-state index in [1.54, 1.807) is 15.5 Å². The summed E-state index contributed by atoms with van der Waals surface area (Å²) in [5.41, 5.74) is 12.5. The summed E-state index contributed by atoms with van der Waals surface area (Å²) < 4.78 is 3.81. The van der Waals surface area contributed by atoms with Crippen LogP contribution >= 0.6 is 0 Å². The van der Waals surface area contributed by atoms with E-state index in [-0.39, 0.29) is 23.8 Å². The van der Waals surface area contributed by atoms with Crippen LogP contribution in [-0.2, 0) is 51.2 Å². The molecule has 326 valence electrons. The van der Waals surface area contributed by atoms with Gasteiger partial charge in [0.25, 0.3) is 11.8 Å². The number of rotatable bonds is 8. The van der Waals surface area contributed by atoms with Gasteiger partial charge >= 0.3 is 0 Å². The third-order valence-electron chi connectivity index (χ3n) is 14.0. The van der Waals surface area contributed by atoms with Crippen LogP contribution in [0.25, 0.3) is 11.3 Å². The van der Waals surface area contributed by atoms with Gasteiger partial charge in [-0.1, -0.05) is 54.6 Å². The minimum Gasteiger partial charge on any atom is -0.369 e. The predicted molar refractivity (Wildman–Crippen MR) is 252 cm³/mol. The van der Waals surface area contributed by atoms with Gasteiger partial charge < -0.3 is 28.7 Å².